The van der Waals surface area contributed by atoms with E-state index in [0.717, 1.165) is 26.9 Å². The number of aromatic hydroxyl groups is 1. The van der Waals surface area contributed by atoms with Gasteiger partial charge in [0.2, 0.25) is 0 Å². The Morgan fingerprint density at radius 1 is 1.07 bits per heavy atom. The van der Waals surface area contributed by atoms with Crippen LogP contribution in [0.3, 0.4) is 0 Å². The van der Waals surface area contributed by atoms with Gasteiger partial charge in [0.1, 0.15) is 17.7 Å². The van der Waals surface area contributed by atoms with Crippen molar-refractivity contribution >= 4 is 21.6 Å². The second-order valence-electron chi connectivity index (χ2n) is 7.03. The minimum absolute atomic E-state index is 0.153. The van der Waals surface area contributed by atoms with Gasteiger partial charge in [-0.25, -0.2) is 4.39 Å². The van der Waals surface area contributed by atoms with E-state index < -0.39 is 6.17 Å². The Labute approximate surface area is 172 Å². The number of phenolic OH excluding ortho intramolecular Hbond substituents is 1. The van der Waals surface area contributed by atoms with Crippen molar-refractivity contribution in [2.24, 2.45) is 4.99 Å². The predicted molar refractivity (Wildman–Crippen MR) is 113 cm³/mol. The Morgan fingerprint density at radius 3 is 2.61 bits per heavy atom. The third-order valence-electron chi connectivity index (χ3n) is 4.96. The molecule has 0 saturated heterocycles. The smallest absolute Gasteiger partial charge is 0.126 e. The zero-order chi connectivity index (χ0) is 19.7. The summed E-state index contributed by atoms with van der Waals surface area (Å²) in [5, 5.41) is 13.9. The Morgan fingerprint density at radius 2 is 1.86 bits per heavy atom. The quantitative estimate of drug-likeness (QED) is 0.540. The van der Waals surface area contributed by atoms with Gasteiger partial charge in [-0.15, -0.1) is 0 Å². The molecule has 0 fully saturated rings. The molecule has 28 heavy (non-hydrogen) atoms. The van der Waals surface area contributed by atoms with Crippen LogP contribution in [0.15, 0.2) is 76.2 Å². The van der Waals surface area contributed by atoms with Crippen LogP contribution in [0.25, 0.3) is 0 Å². The summed E-state index contributed by atoms with van der Waals surface area (Å²) in [6.45, 7) is 2.05. The summed E-state index contributed by atoms with van der Waals surface area (Å²) in [5.74, 6) is -0.0670. The summed E-state index contributed by atoms with van der Waals surface area (Å²) in [5.41, 5.74) is 4.69. The van der Waals surface area contributed by atoms with Gasteiger partial charge in [0.15, 0.2) is 0 Å². The lowest BCUT2D eigenvalue weighted by Gasteiger charge is -2.31. The summed E-state index contributed by atoms with van der Waals surface area (Å²) in [6.07, 6.45) is 0.225. The molecule has 5 heteroatoms. The lowest BCUT2D eigenvalue weighted by molar-refractivity contribution is 0.411. The van der Waals surface area contributed by atoms with Gasteiger partial charge in [-0.05, 0) is 48.4 Å². The molecule has 0 saturated carbocycles. The van der Waals surface area contributed by atoms with Crippen LogP contribution in [0.4, 0.5) is 4.39 Å². The van der Waals surface area contributed by atoms with Gasteiger partial charge in [0.25, 0.3) is 0 Å². The molecular formula is C23H20BrFN2O. The summed E-state index contributed by atoms with van der Waals surface area (Å²) < 4.78 is 14.7. The fourth-order valence-corrected chi connectivity index (χ4v) is 3.86. The zero-order valence-electron chi connectivity index (χ0n) is 15.4. The first-order valence-electron chi connectivity index (χ1n) is 9.13. The number of nitrogens with one attached hydrogen (secondary N) is 1. The molecule has 0 radical (unpaired) electrons. The Hall–Kier alpha value is -2.50. The summed E-state index contributed by atoms with van der Waals surface area (Å²) >= 11 is 3.48. The first-order valence-corrected chi connectivity index (χ1v) is 9.92. The van der Waals surface area contributed by atoms with Gasteiger partial charge in [0.05, 0.1) is 0 Å². The van der Waals surface area contributed by atoms with Crippen molar-refractivity contribution in [1.29, 1.82) is 0 Å². The van der Waals surface area contributed by atoms with E-state index in [1.54, 1.807) is 18.2 Å². The maximum absolute atomic E-state index is 13.8. The van der Waals surface area contributed by atoms with Gasteiger partial charge < -0.3 is 5.11 Å². The van der Waals surface area contributed by atoms with E-state index in [4.69, 9.17) is 4.99 Å². The molecule has 1 aliphatic rings. The van der Waals surface area contributed by atoms with Crippen molar-refractivity contribution < 1.29 is 9.50 Å². The highest BCUT2D eigenvalue weighted by Crippen LogP contribution is 2.35. The Kier molecular flexibility index (Phi) is 5.29. The number of aliphatic imine (C=N–C) groups is 1. The zero-order valence-corrected chi connectivity index (χ0v) is 16.9. The van der Waals surface area contributed by atoms with E-state index in [2.05, 4.69) is 45.5 Å². The first-order chi connectivity index (χ1) is 13.5. The van der Waals surface area contributed by atoms with Crippen molar-refractivity contribution in [2.75, 3.05) is 0 Å². The number of benzene rings is 3. The monoisotopic (exact) mass is 438 g/mol. The molecule has 2 N–H and O–H groups in total. The molecule has 3 nitrogen and oxygen atoms in total. The van der Waals surface area contributed by atoms with Crippen LogP contribution in [-0.2, 0) is 0 Å². The summed E-state index contributed by atoms with van der Waals surface area (Å²) in [7, 11) is 0. The largest absolute Gasteiger partial charge is 0.508 e. The van der Waals surface area contributed by atoms with Crippen LogP contribution >= 0.6 is 15.9 Å². The highest BCUT2D eigenvalue weighted by atomic mass is 79.9. The van der Waals surface area contributed by atoms with Crippen LogP contribution in [-0.4, -0.2) is 10.8 Å². The van der Waals surface area contributed by atoms with Crippen molar-refractivity contribution in [2.45, 2.75) is 25.6 Å². The van der Waals surface area contributed by atoms with Crippen molar-refractivity contribution in [3.63, 3.8) is 0 Å². The van der Waals surface area contributed by atoms with Crippen LogP contribution in [0.5, 0.6) is 5.75 Å². The molecule has 0 amide bonds. The molecule has 0 aromatic heterocycles. The molecule has 0 bridgehead atoms. The molecule has 1 aliphatic heterocycles. The fourth-order valence-electron chi connectivity index (χ4n) is 3.48. The van der Waals surface area contributed by atoms with E-state index in [1.807, 2.05) is 19.1 Å². The molecule has 4 rings (SSSR count). The van der Waals surface area contributed by atoms with Gasteiger partial charge in [0, 0.05) is 28.2 Å². The van der Waals surface area contributed by atoms with E-state index in [0.29, 0.717) is 6.42 Å². The third kappa shape index (κ3) is 4.01. The van der Waals surface area contributed by atoms with Gasteiger partial charge in [-0.1, -0.05) is 57.9 Å². The number of phenols is 1. The first kappa shape index (κ1) is 18.8. The number of rotatable bonds is 3. The maximum atomic E-state index is 13.8. The fraction of sp³-hybridized carbons (Fsp3) is 0.174. The van der Waals surface area contributed by atoms with Gasteiger partial charge in [-0.3, -0.25) is 10.3 Å². The third-order valence-corrected chi connectivity index (χ3v) is 5.45. The molecule has 3 aromatic carbocycles. The van der Waals surface area contributed by atoms with E-state index in [9.17, 15) is 9.50 Å². The minimum Gasteiger partial charge on any atom is -0.508 e. The van der Waals surface area contributed by atoms with E-state index in [-0.39, 0.29) is 17.6 Å². The van der Waals surface area contributed by atoms with E-state index in [1.165, 1.54) is 17.7 Å². The molecule has 0 aliphatic carbocycles. The van der Waals surface area contributed by atoms with Crippen molar-refractivity contribution in [1.82, 2.24) is 5.32 Å². The van der Waals surface area contributed by atoms with Crippen molar-refractivity contribution in [3.05, 3.63) is 99.3 Å². The number of hydrogen-bond acceptors (Lipinski definition) is 3. The molecule has 1 heterocycles. The Balaban J connectivity index is 1.77. The van der Waals surface area contributed by atoms with Crippen LogP contribution < -0.4 is 5.32 Å². The second kappa shape index (κ2) is 7.86. The predicted octanol–water partition coefficient (Wildman–Crippen LogP) is 5.82. The standard InChI is InChI=1S/C23H20BrFN2O/c1-14-5-7-15(8-6-14)20-13-21(19-12-17(24)9-10-22(19)28)27-23(26-20)16-3-2-4-18(25)11-16/h2-12,21,23,27-28H,13H2,1H3/t21-,23-/m1/s1. The SMILES string of the molecule is Cc1ccc(C2=N[C@@H](c3cccc(F)c3)N[C@@H](c3cc(Br)ccc3O)C2)cc1. The highest BCUT2D eigenvalue weighted by Gasteiger charge is 2.28. The maximum Gasteiger partial charge on any atom is 0.126 e. The molecule has 0 spiro atoms. The van der Waals surface area contributed by atoms with Gasteiger partial charge in [-0.2, -0.15) is 0 Å². The second-order valence-corrected chi connectivity index (χ2v) is 7.94. The summed E-state index contributed by atoms with van der Waals surface area (Å²) in [4.78, 5) is 4.87. The van der Waals surface area contributed by atoms with Gasteiger partial charge >= 0.3 is 0 Å². The average Bonchev–Trinajstić information content (AvgIpc) is 2.70. The number of aryl methyl sites for hydroxylation is 1. The molecule has 3 aromatic rings. The lowest BCUT2D eigenvalue weighted by atomic mass is 9.93. The van der Waals surface area contributed by atoms with Crippen molar-refractivity contribution in [3.8, 4) is 5.75 Å². The average molecular weight is 439 g/mol. The van der Waals surface area contributed by atoms with Crippen LogP contribution in [0.1, 0.15) is 40.9 Å². The van der Waals surface area contributed by atoms with Crippen LogP contribution in [0.2, 0.25) is 0 Å². The Bertz CT molecular complexity index is 1030. The number of nitrogens with zero attached hydrogens (tertiary/aromatic N) is 1. The highest BCUT2D eigenvalue weighted by molar-refractivity contribution is 9.10. The lowest BCUT2D eigenvalue weighted by Crippen LogP contribution is -2.33. The summed E-state index contributed by atoms with van der Waals surface area (Å²) in [6, 6.07) is 19.9. The normalized spacial score (nSPS) is 19.3. The topological polar surface area (TPSA) is 44.6 Å². The number of hydrogen-bond donors (Lipinski definition) is 2. The molecule has 0 unspecified atom stereocenters. The number of halogens is 2. The van der Waals surface area contributed by atoms with E-state index >= 15 is 0 Å². The molecule has 142 valence electrons. The molecular weight excluding hydrogens is 419 g/mol. The molecule has 2 atom stereocenters. The van der Waals surface area contributed by atoms with Crippen LogP contribution in [0, 0.1) is 12.7 Å². The minimum atomic E-state index is -0.399.